The molecule has 0 amide bonds. The van der Waals surface area contributed by atoms with Crippen molar-refractivity contribution in [1.82, 2.24) is 25.4 Å². The van der Waals surface area contributed by atoms with Crippen molar-refractivity contribution in [2.75, 3.05) is 31.6 Å². The summed E-state index contributed by atoms with van der Waals surface area (Å²) < 4.78 is 2.58. The summed E-state index contributed by atoms with van der Waals surface area (Å²) in [6.45, 7) is 12.5. The second kappa shape index (κ2) is 11.2. The van der Waals surface area contributed by atoms with Crippen molar-refractivity contribution in [3.05, 3.63) is 5.82 Å². The van der Waals surface area contributed by atoms with E-state index < -0.39 is 0 Å². The summed E-state index contributed by atoms with van der Waals surface area (Å²) in [6, 6.07) is 0. The largest absolute Gasteiger partial charge is 0.357 e. The van der Waals surface area contributed by atoms with E-state index in [4.69, 9.17) is 4.99 Å². The van der Waals surface area contributed by atoms with Crippen LogP contribution in [0.25, 0.3) is 0 Å². The summed E-state index contributed by atoms with van der Waals surface area (Å²) in [6.07, 6.45) is 6.59. The maximum Gasteiger partial charge on any atom is 0.191 e. The summed E-state index contributed by atoms with van der Waals surface area (Å²) in [5, 5.41) is 16.6. The number of nitrogens with zero attached hydrogens (tertiary/aromatic N) is 4. The fourth-order valence-corrected chi connectivity index (χ4v) is 4.96. The maximum atomic E-state index is 4.82. The van der Waals surface area contributed by atoms with Crippen LogP contribution < -0.4 is 10.6 Å². The first kappa shape index (κ1) is 22.4. The number of rotatable bonds is 10. The average molecular weight is 413 g/mol. The van der Waals surface area contributed by atoms with Gasteiger partial charge in [0.15, 0.2) is 11.1 Å². The average Bonchev–Trinajstić information content (AvgIpc) is 3.23. The zero-order valence-corrected chi connectivity index (χ0v) is 19.2. The van der Waals surface area contributed by atoms with Crippen LogP contribution in [0.15, 0.2) is 10.1 Å². The van der Waals surface area contributed by atoms with Crippen LogP contribution in [0.5, 0.6) is 0 Å². The molecule has 1 unspecified atom stereocenters. The first-order valence-corrected chi connectivity index (χ1v) is 12.3. The van der Waals surface area contributed by atoms with Gasteiger partial charge in [0.1, 0.15) is 5.82 Å². The van der Waals surface area contributed by atoms with E-state index in [-0.39, 0.29) is 0 Å². The van der Waals surface area contributed by atoms with Gasteiger partial charge in [0.05, 0.1) is 6.54 Å². The molecule has 0 saturated carbocycles. The summed E-state index contributed by atoms with van der Waals surface area (Å²) in [5.74, 6) is 3.88. The highest BCUT2D eigenvalue weighted by molar-refractivity contribution is 8.00. The lowest BCUT2D eigenvalue weighted by atomic mass is 10.1. The molecule has 0 aliphatic carbocycles. The molecule has 1 fully saturated rings. The van der Waals surface area contributed by atoms with Crippen LogP contribution in [0.3, 0.4) is 0 Å². The van der Waals surface area contributed by atoms with Gasteiger partial charge in [-0.25, -0.2) is 0 Å². The molecule has 0 aromatic carbocycles. The van der Waals surface area contributed by atoms with Crippen LogP contribution in [-0.2, 0) is 13.0 Å². The number of guanidine groups is 1. The first-order chi connectivity index (χ1) is 13.0. The van der Waals surface area contributed by atoms with Gasteiger partial charge in [0, 0.05) is 30.8 Å². The standard InChI is InChI=1S/C19H36N6S2/c1-6-20-17(22-14-19(4)10-8-12-27-19)21-11-7-9-16-23-24-18(26-5)25(16)13-15(2)3/h15H,6-14H2,1-5H3,(H2,20,21,22). The summed E-state index contributed by atoms with van der Waals surface area (Å²) in [5.41, 5.74) is 0. The lowest BCUT2D eigenvalue weighted by molar-refractivity contribution is 0.477. The Hall–Kier alpha value is -0.890. The van der Waals surface area contributed by atoms with E-state index in [1.54, 1.807) is 11.8 Å². The lowest BCUT2D eigenvalue weighted by Gasteiger charge is -2.21. The van der Waals surface area contributed by atoms with Gasteiger partial charge in [-0.05, 0) is 51.0 Å². The molecule has 8 heteroatoms. The Morgan fingerprint density at radius 2 is 2.19 bits per heavy atom. The molecule has 2 N–H and O–H groups in total. The molecule has 2 rings (SSSR count). The molecule has 1 saturated heterocycles. The molecule has 0 bridgehead atoms. The number of hydrogen-bond donors (Lipinski definition) is 2. The Bertz CT molecular complexity index is 593. The maximum absolute atomic E-state index is 4.82. The second-order valence-electron chi connectivity index (χ2n) is 7.73. The van der Waals surface area contributed by atoms with E-state index >= 15 is 0 Å². The third-order valence-electron chi connectivity index (χ3n) is 4.61. The van der Waals surface area contributed by atoms with Crippen molar-refractivity contribution in [3.63, 3.8) is 0 Å². The van der Waals surface area contributed by atoms with E-state index in [0.717, 1.165) is 56.0 Å². The quantitative estimate of drug-likeness (QED) is 0.266. The first-order valence-electron chi connectivity index (χ1n) is 10.1. The number of nitrogens with one attached hydrogen (secondary N) is 2. The van der Waals surface area contributed by atoms with E-state index in [2.05, 4.69) is 71.1 Å². The van der Waals surface area contributed by atoms with E-state index in [1.165, 1.54) is 18.6 Å². The Morgan fingerprint density at radius 1 is 1.37 bits per heavy atom. The molecule has 1 atom stereocenters. The zero-order chi connectivity index (χ0) is 19.7. The molecule has 1 aromatic heterocycles. The second-order valence-corrected chi connectivity index (χ2v) is 10.2. The molecule has 0 radical (unpaired) electrons. The highest BCUT2D eigenvalue weighted by Gasteiger charge is 2.29. The molecule has 1 aromatic rings. The van der Waals surface area contributed by atoms with Gasteiger partial charge >= 0.3 is 0 Å². The molecule has 1 aliphatic rings. The fraction of sp³-hybridized carbons (Fsp3) is 0.842. The van der Waals surface area contributed by atoms with Gasteiger partial charge < -0.3 is 15.2 Å². The third kappa shape index (κ3) is 7.22. The van der Waals surface area contributed by atoms with E-state index in [0.29, 0.717) is 10.7 Å². The molecule has 154 valence electrons. The Morgan fingerprint density at radius 3 is 2.81 bits per heavy atom. The van der Waals surface area contributed by atoms with Crippen LogP contribution in [0.2, 0.25) is 0 Å². The van der Waals surface area contributed by atoms with Crippen molar-refractivity contribution in [2.45, 2.75) is 69.8 Å². The van der Waals surface area contributed by atoms with Gasteiger partial charge in [-0.3, -0.25) is 4.99 Å². The molecule has 6 nitrogen and oxygen atoms in total. The normalized spacial score (nSPS) is 20.4. The fourth-order valence-electron chi connectivity index (χ4n) is 3.21. The van der Waals surface area contributed by atoms with Gasteiger partial charge in [-0.1, -0.05) is 25.6 Å². The van der Waals surface area contributed by atoms with Crippen molar-refractivity contribution in [3.8, 4) is 0 Å². The number of aryl methyl sites for hydroxylation is 1. The van der Waals surface area contributed by atoms with Gasteiger partial charge in [0.2, 0.25) is 0 Å². The minimum absolute atomic E-state index is 0.309. The Kier molecular flexibility index (Phi) is 9.29. The van der Waals surface area contributed by atoms with Crippen molar-refractivity contribution in [2.24, 2.45) is 10.9 Å². The van der Waals surface area contributed by atoms with Crippen molar-refractivity contribution < 1.29 is 0 Å². The van der Waals surface area contributed by atoms with Crippen LogP contribution in [0.1, 0.15) is 52.8 Å². The summed E-state index contributed by atoms with van der Waals surface area (Å²) in [7, 11) is 0. The van der Waals surface area contributed by atoms with E-state index in [1.807, 2.05) is 0 Å². The Labute approximate surface area is 173 Å². The number of hydrogen-bond acceptors (Lipinski definition) is 5. The lowest BCUT2D eigenvalue weighted by Crippen LogP contribution is -2.39. The van der Waals surface area contributed by atoms with Crippen LogP contribution in [0, 0.1) is 5.92 Å². The van der Waals surface area contributed by atoms with Gasteiger partial charge in [-0.15, -0.1) is 10.2 Å². The smallest absolute Gasteiger partial charge is 0.191 e. The molecule has 1 aliphatic heterocycles. The highest BCUT2D eigenvalue weighted by Crippen LogP contribution is 2.37. The number of thioether (sulfide) groups is 2. The third-order valence-corrected chi connectivity index (χ3v) is 6.80. The predicted molar refractivity (Wildman–Crippen MR) is 119 cm³/mol. The molecule has 0 spiro atoms. The SMILES string of the molecule is CCNC(=NCC1(C)CCCS1)NCCCc1nnc(SC)n1CC(C)C. The summed E-state index contributed by atoms with van der Waals surface area (Å²) in [4.78, 5) is 4.82. The van der Waals surface area contributed by atoms with Gasteiger partial charge in [-0.2, -0.15) is 11.8 Å². The van der Waals surface area contributed by atoms with E-state index in [9.17, 15) is 0 Å². The van der Waals surface area contributed by atoms with Crippen molar-refractivity contribution >= 4 is 29.5 Å². The minimum atomic E-state index is 0.309. The topological polar surface area (TPSA) is 67.1 Å². The molecule has 27 heavy (non-hydrogen) atoms. The van der Waals surface area contributed by atoms with Crippen LogP contribution >= 0.6 is 23.5 Å². The molecular weight excluding hydrogens is 376 g/mol. The number of aromatic nitrogens is 3. The van der Waals surface area contributed by atoms with Gasteiger partial charge in [0.25, 0.3) is 0 Å². The molecular formula is C19H36N6S2. The minimum Gasteiger partial charge on any atom is -0.357 e. The number of aliphatic imine (C=N–C) groups is 1. The van der Waals surface area contributed by atoms with Crippen molar-refractivity contribution in [1.29, 1.82) is 0 Å². The van der Waals surface area contributed by atoms with Crippen LogP contribution in [-0.4, -0.2) is 57.1 Å². The summed E-state index contributed by atoms with van der Waals surface area (Å²) >= 11 is 3.73. The highest BCUT2D eigenvalue weighted by atomic mass is 32.2. The Balaban J connectivity index is 1.84. The zero-order valence-electron chi connectivity index (χ0n) is 17.5. The van der Waals surface area contributed by atoms with Crippen LogP contribution in [0.4, 0.5) is 0 Å². The predicted octanol–water partition coefficient (Wildman–Crippen LogP) is 3.43. The molecule has 2 heterocycles. The monoisotopic (exact) mass is 412 g/mol.